The molecule has 0 aliphatic carbocycles. The molecule has 2 fully saturated rings. The van der Waals surface area contributed by atoms with Gasteiger partial charge in [0, 0.05) is 23.7 Å². The largest absolute Gasteiger partial charge is 0.480 e. The molecule has 0 aromatic rings. The number of ether oxygens (including phenoxy) is 1. The minimum atomic E-state index is -3.12. The van der Waals surface area contributed by atoms with Crippen molar-refractivity contribution >= 4 is 23.8 Å². The van der Waals surface area contributed by atoms with Crippen molar-refractivity contribution in [3.63, 3.8) is 0 Å². The van der Waals surface area contributed by atoms with Crippen molar-refractivity contribution in [1.82, 2.24) is 10.6 Å². The topological polar surface area (TPSA) is 122 Å². The molecule has 19 heavy (non-hydrogen) atoms. The van der Waals surface area contributed by atoms with Gasteiger partial charge in [-0.3, -0.25) is 9.59 Å². The molecule has 2 rings (SSSR count). The number of hydrogen-bond donors (Lipinski definition) is 3. The zero-order chi connectivity index (χ0) is 23.4. The van der Waals surface area contributed by atoms with Gasteiger partial charge in [-0.15, -0.1) is 0 Å². The van der Waals surface area contributed by atoms with E-state index in [1.807, 2.05) is 0 Å². The van der Waals surface area contributed by atoms with Crippen LogP contribution in [0.5, 0.6) is 0 Å². The van der Waals surface area contributed by atoms with E-state index in [0.717, 1.165) is 7.11 Å². The van der Waals surface area contributed by atoms with Gasteiger partial charge >= 0.3 is 11.9 Å². The maximum atomic E-state index is 11.2. The number of carboxylic acid groups (broad SMARTS) is 1. The summed E-state index contributed by atoms with van der Waals surface area (Å²) in [7, 11) is 0.925. The molecule has 2 atom stereocenters. The van der Waals surface area contributed by atoms with Gasteiger partial charge in [0.1, 0.15) is 12.0 Å². The summed E-state index contributed by atoms with van der Waals surface area (Å²) in [6.45, 7) is 0. The molecule has 0 aromatic carbocycles. The normalized spacial score (nSPS) is 51.0. The number of aliphatic carboxylic acids is 1. The highest BCUT2D eigenvalue weighted by molar-refractivity contribution is 5.88. The Kier molecular flexibility index (Phi) is 2.08. The summed E-state index contributed by atoms with van der Waals surface area (Å²) in [6, 6.07) is -5.73. The van der Waals surface area contributed by atoms with Crippen molar-refractivity contribution in [3.8, 4) is 0 Å². The third kappa shape index (κ3) is 4.57. The Morgan fingerprint density at radius 1 is 1.26 bits per heavy atom. The SMILES string of the molecule is [2H]C1([2H])C(=O)N[C@]([2H])(C(=O)O)C1([2H])[2H].[2H]C1([2H])C(=O)N[C@]([2H])(C(=O)OC)C1([2H])[2H]. The Morgan fingerprint density at radius 2 is 1.74 bits per heavy atom. The molecule has 2 heterocycles. The number of carbonyl (C=O) groups is 4. The average Bonchev–Trinajstić information content (AvgIpc) is 2.79. The van der Waals surface area contributed by atoms with Crippen LogP contribution in [0.2, 0.25) is 0 Å². The molecule has 2 aliphatic rings. The lowest BCUT2D eigenvalue weighted by molar-refractivity contribution is -0.143. The predicted molar refractivity (Wildman–Crippen MR) is 62.0 cm³/mol. The van der Waals surface area contributed by atoms with Gasteiger partial charge in [-0.25, -0.2) is 9.59 Å². The monoisotopic (exact) mass is 282 g/mol. The minimum absolute atomic E-state index is 0.925. The number of nitrogens with one attached hydrogen (secondary N) is 2. The van der Waals surface area contributed by atoms with Crippen molar-refractivity contribution in [2.24, 2.45) is 0 Å². The number of carbonyl (C=O) groups excluding carboxylic acids is 3. The van der Waals surface area contributed by atoms with E-state index in [1.165, 1.54) is 5.32 Å². The fraction of sp³-hybridized carbons (Fsp3) is 0.636. The molecule has 8 nitrogen and oxygen atoms in total. The molecule has 0 unspecified atom stereocenters. The smallest absolute Gasteiger partial charge is 0.328 e. The van der Waals surface area contributed by atoms with E-state index in [1.54, 1.807) is 5.32 Å². The lowest BCUT2D eigenvalue weighted by atomic mass is 10.2. The van der Waals surface area contributed by atoms with Crippen LogP contribution in [0.1, 0.15) is 39.2 Å². The molecule has 2 amide bonds. The van der Waals surface area contributed by atoms with Gasteiger partial charge in [0.05, 0.1) is 9.85 Å². The molecular formula is C11H16N2O6. The minimum Gasteiger partial charge on any atom is -0.480 e. The Balaban J connectivity index is 0.000000291. The molecule has 2 saturated heterocycles. The van der Waals surface area contributed by atoms with Gasteiger partial charge in [0.25, 0.3) is 0 Å². The predicted octanol–water partition coefficient (Wildman–Crippen LogP) is -1.21. The van der Waals surface area contributed by atoms with Crippen LogP contribution >= 0.6 is 0 Å². The fourth-order valence-electron chi connectivity index (χ4n) is 0.902. The molecule has 0 aromatic heterocycles. The van der Waals surface area contributed by atoms with Crippen molar-refractivity contribution in [2.45, 2.75) is 37.5 Å². The second-order valence-corrected chi connectivity index (χ2v) is 2.95. The quantitative estimate of drug-likeness (QED) is 0.546. The number of carboxylic acids is 1. The summed E-state index contributed by atoms with van der Waals surface area (Å²) in [6.07, 6.45) is -12.1. The van der Waals surface area contributed by atoms with Gasteiger partial charge < -0.3 is 20.5 Å². The van der Waals surface area contributed by atoms with Crippen LogP contribution in [0.15, 0.2) is 0 Å². The summed E-state index contributed by atoms with van der Waals surface area (Å²) < 4.78 is 76.2. The van der Waals surface area contributed by atoms with Gasteiger partial charge in [-0.05, 0) is 12.7 Å². The molecular weight excluding hydrogens is 256 g/mol. The molecule has 8 heteroatoms. The van der Waals surface area contributed by atoms with Gasteiger partial charge in [0.15, 0.2) is 0 Å². The summed E-state index contributed by atoms with van der Waals surface area (Å²) in [5.74, 6) is -6.05. The van der Waals surface area contributed by atoms with E-state index in [0.29, 0.717) is 0 Å². The van der Waals surface area contributed by atoms with E-state index < -0.39 is 61.3 Å². The van der Waals surface area contributed by atoms with Crippen LogP contribution in [0, 0.1) is 0 Å². The maximum absolute atomic E-state index is 11.2. The second-order valence-electron chi connectivity index (χ2n) is 2.95. The van der Waals surface area contributed by atoms with Gasteiger partial charge in [-0.2, -0.15) is 0 Å². The van der Waals surface area contributed by atoms with Crippen LogP contribution in [0.4, 0.5) is 0 Å². The molecule has 0 spiro atoms. The Hall–Kier alpha value is -2.12. The van der Waals surface area contributed by atoms with Crippen LogP contribution in [0.3, 0.4) is 0 Å². The lowest BCUT2D eigenvalue weighted by Gasteiger charge is -2.04. The standard InChI is InChI=1S/C6H9NO3.C5H7NO3/c1-10-6(9)4-2-3-5(8)7-4;7-4-2-1-3(6-4)5(8)9/h4H,2-3H2,1H3,(H,7,8);3H,1-2H2,(H,6,7)(H,8,9)/t4-;3-/m00/s1/i2D2,3D2,4D;1D2,2D2,3D. The highest BCUT2D eigenvalue weighted by Gasteiger charge is 2.27. The summed E-state index contributed by atoms with van der Waals surface area (Å²) in [5.41, 5.74) is 0. The van der Waals surface area contributed by atoms with Gasteiger partial charge in [-0.1, -0.05) is 0 Å². The van der Waals surface area contributed by atoms with Crippen LogP contribution < -0.4 is 10.6 Å². The summed E-state index contributed by atoms with van der Waals surface area (Å²) in [5, 5.41) is 11.7. The van der Waals surface area contributed by atoms with E-state index >= 15 is 0 Å². The number of hydrogen-bond acceptors (Lipinski definition) is 5. The van der Waals surface area contributed by atoms with Crippen molar-refractivity contribution < 1.29 is 42.7 Å². The molecule has 2 aliphatic heterocycles. The third-order valence-corrected chi connectivity index (χ3v) is 1.68. The highest BCUT2D eigenvalue weighted by atomic mass is 16.5. The Labute approximate surface area is 123 Å². The van der Waals surface area contributed by atoms with Crippen molar-refractivity contribution in [1.29, 1.82) is 0 Å². The molecule has 0 bridgehead atoms. The number of rotatable bonds is 2. The van der Waals surface area contributed by atoms with Crippen molar-refractivity contribution in [2.75, 3.05) is 7.11 Å². The van der Waals surface area contributed by atoms with E-state index in [-0.39, 0.29) is 0 Å². The van der Waals surface area contributed by atoms with E-state index in [4.69, 9.17) is 18.8 Å². The first-order chi connectivity index (χ1) is 12.7. The molecule has 106 valence electrons. The van der Waals surface area contributed by atoms with E-state index in [9.17, 15) is 19.2 Å². The first-order valence-corrected chi connectivity index (χ1v) is 4.65. The van der Waals surface area contributed by atoms with Crippen LogP contribution in [0.25, 0.3) is 0 Å². The van der Waals surface area contributed by atoms with Crippen molar-refractivity contribution in [3.05, 3.63) is 0 Å². The number of esters is 1. The van der Waals surface area contributed by atoms with Gasteiger partial charge in [0.2, 0.25) is 11.8 Å². The van der Waals surface area contributed by atoms with Crippen LogP contribution in [-0.4, -0.2) is 48.0 Å². The second kappa shape index (κ2) is 6.72. The maximum Gasteiger partial charge on any atom is 0.328 e. The lowest BCUT2D eigenvalue weighted by Crippen LogP contribution is -2.33. The third-order valence-electron chi connectivity index (χ3n) is 1.68. The Bertz CT molecular complexity index is 773. The van der Waals surface area contributed by atoms with E-state index in [2.05, 4.69) is 4.74 Å². The zero-order valence-corrected chi connectivity index (χ0v) is 9.49. The Morgan fingerprint density at radius 3 is 2.00 bits per heavy atom. The molecule has 3 N–H and O–H groups in total. The fourth-order valence-corrected chi connectivity index (χ4v) is 0.902. The zero-order valence-electron chi connectivity index (χ0n) is 19.5. The first-order valence-electron chi connectivity index (χ1n) is 9.65. The first kappa shape index (κ1) is 5.89. The summed E-state index contributed by atoms with van der Waals surface area (Å²) >= 11 is 0. The van der Waals surface area contributed by atoms with Crippen LogP contribution in [-0.2, 0) is 23.9 Å². The summed E-state index contributed by atoms with van der Waals surface area (Å²) in [4.78, 5) is 43.7. The number of amides is 2. The highest BCUT2D eigenvalue weighted by Crippen LogP contribution is 2.07. The average molecular weight is 282 g/mol. The molecule has 0 saturated carbocycles. The molecule has 0 radical (unpaired) electrons. The number of methoxy groups -OCH3 is 1.